The van der Waals surface area contributed by atoms with Gasteiger partial charge in [0, 0.05) is 5.75 Å². The van der Waals surface area contributed by atoms with Gasteiger partial charge in [0.05, 0.1) is 5.75 Å². The summed E-state index contributed by atoms with van der Waals surface area (Å²) in [5.74, 6) is 0.955. The standard InChI is InChI=1S/C11H25NO2S/c1-5-15(13,14)8-6-7-10(9-12)11(2,3)4/h10H,5-9,12H2,1-4H3. The average Bonchev–Trinajstić information content (AvgIpc) is 2.10. The maximum atomic E-state index is 11.3. The van der Waals surface area contributed by atoms with Crippen molar-refractivity contribution in [1.29, 1.82) is 0 Å². The lowest BCUT2D eigenvalue weighted by molar-refractivity contribution is 0.231. The molecule has 0 fully saturated rings. The van der Waals surface area contributed by atoms with Crippen LogP contribution >= 0.6 is 0 Å². The van der Waals surface area contributed by atoms with Crippen molar-refractivity contribution in [3.8, 4) is 0 Å². The van der Waals surface area contributed by atoms with Crippen LogP contribution in [-0.2, 0) is 9.84 Å². The van der Waals surface area contributed by atoms with Crippen molar-refractivity contribution in [3.63, 3.8) is 0 Å². The summed E-state index contributed by atoms with van der Waals surface area (Å²) in [7, 11) is -2.81. The summed E-state index contributed by atoms with van der Waals surface area (Å²) in [6.45, 7) is 8.78. The van der Waals surface area contributed by atoms with E-state index < -0.39 is 9.84 Å². The number of rotatable bonds is 6. The van der Waals surface area contributed by atoms with Crippen molar-refractivity contribution in [2.45, 2.75) is 40.5 Å². The second-order valence-electron chi connectivity index (χ2n) is 5.18. The Bertz CT molecular complexity index is 265. The molecule has 0 aliphatic rings. The maximum Gasteiger partial charge on any atom is 0.150 e. The first-order valence-electron chi connectivity index (χ1n) is 5.63. The van der Waals surface area contributed by atoms with Gasteiger partial charge in [-0.15, -0.1) is 0 Å². The monoisotopic (exact) mass is 235 g/mol. The molecule has 0 rings (SSSR count). The minimum absolute atomic E-state index is 0.171. The van der Waals surface area contributed by atoms with Gasteiger partial charge in [-0.1, -0.05) is 27.7 Å². The molecule has 1 atom stereocenters. The van der Waals surface area contributed by atoms with E-state index in [2.05, 4.69) is 20.8 Å². The highest BCUT2D eigenvalue weighted by molar-refractivity contribution is 7.91. The van der Waals surface area contributed by atoms with Crippen LogP contribution < -0.4 is 5.73 Å². The van der Waals surface area contributed by atoms with Crippen LogP contribution in [0.15, 0.2) is 0 Å². The molecule has 0 saturated carbocycles. The zero-order valence-electron chi connectivity index (χ0n) is 10.4. The highest BCUT2D eigenvalue weighted by atomic mass is 32.2. The van der Waals surface area contributed by atoms with Crippen LogP contribution in [0.3, 0.4) is 0 Å². The van der Waals surface area contributed by atoms with Crippen molar-refractivity contribution in [2.75, 3.05) is 18.1 Å². The van der Waals surface area contributed by atoms with Crippen LogP contribution in [0.2, 0.25) is 0 Å². The van der Waals surface area contributed by atoms with E-state index in [1.165, 1.54) is 0 Å². The topological polar surface area (TPSA) is 60.2 Å². The molecule has 92 valence electrons. The molecule has 1 unspecified atom stereocenters. The Morgan fingerprint density at radius 2 is 1.80 bits per heavy atom. The van der Waals surface area contributed by atoms with Gasteiger partial charge in [-0.3, -0.25) is 0 Å². The number of hydrogen-bond donors (Lipinski definition) is 1. The zero-order valence-corrected chi connectivity index (χ0v) is 11.2. The zero-order chi connectivity index (χ0) is 12.1. The Labute approximate surface area is 94.4 Å². The van der Waals surface area contributed by atoms with Gasteiger partial charge in [0.1, 0.15) is 9.84 Å². The fourth-order valence-electron chi connectivity index (χ4n) is 1.60. The molecule has 0 heterocycles. The maximum absolute atomic E-state index is 11.3. The Kier molecular flexibility index (Phi) is 5.81. The molecule has 0 radical (unpaired) electrons. The van der Waals surface area contributed by atoms with Gasteiger partial charge in [-0.05, 0) is 30.7 Å². The summed E-state index contributed by atoms with van der Waals surface area (Å²) in [4.78, 5) is 0. The van der Waals surface area contributed by atoms with E-state index in [0.717, 1.165) is 12.8 Å². The van der Waals surface area contributed by atoms with E-state index in [0.29, 0.717) is 18.2 Å². The van der Waals surface area contributed by atoms with Gasteiger partial charge in [0.2, 0.25) is 0 Å². The van der Waals surface area contributed by atoms with Crippen molar-refractivity contribution < 1.29 is 8.42 Å². The van der Waals surface area contributed by atoms with Crippen LogP contribution in [0.25, 0.3) is 0 Å². The predicted molar refractivity (Wildman–Crippen MR) is 65.6 cm³/mol. The lowest BCUT2D eigenvalue weighted by atomic mass is 9.78. The van der Waals surface area contributed by atoms with Crippen molar-refractivity contribution in [3.05, 3.63) is 0 Å². The highest BCUT2D eigenvalue weighted by Gasteiger charge is 2.23. The fraction of sp³-hybridized carbons (Fsp3) is 1.00. The van der Waals surface area contributed by atoms with Crippen LogP contribution in [0.1, 0.15) is 40.5 Å². The van der Waals surface area contributed by atoms with Crippen LogP contribution in [0, 0.1) is 11.3 Å². The Morgan fingerprint density at radius 1 is 1.27 bits per heavy atom. The molecular weight excluding hydrogens is 210 g/mol. The number of nitrogens with two attached hydrogens (primary N) is 1. The number of sulfone groups is 1. The van der Waals surface area contributed by atoms with E-state index in [-0.39, 0.29) is 11.2 Å². The fourth-order valence-corrected chi connectivity index (χ4v) is 2.49. The van der Waals surface area contributed by atoms with E-state index in [1.54, 1.807) is 6.92 Å². The molecule has 0 aromatic carbocycles. The normalized spacial score (nSPS) is 15.3. The minimum atomic E-state index is -2.81. The van der Waals surface area contributed by atoms with Crippen LogP contribution in [0.5, 0.6) is 0 Å². The van der Waals surface area contributed by atoms with Crippen LogP contribution in [-0.4, -0.2) is 26.5 Å². The third-order valence-corrected chi connectivity index (χ3v) is 4.75. The molecule has 0 saturated heterocycles. The van der Waals surface area contributed by atoms with Gasteiger partial charge < -0.3 is 5.73 Å². The SMILES string of the molecule is CCS(=O)(=O)CCCC(CN)C(C)(C)C. The first-order valence-corrected chi connectivity index (χ1v) is 7.45. The van der Waals surface area contributed by atoms with E-state index in [4.69, 9.17) is 5.73 Å². The van der Waals surface area contributed by atoms with E-state index in [9.17, 15) is 8.42 Å². The molecule has 4 heteroatoms. The molecule has 3 nitrogen and oxygen atoms in total. The largest absolute Gasteiger partial charge is 0.330 e. The number of hydrogen-bond acceptors (Lipinski definition) is 3. The smallest absolute Gasteiger partial charge is 0.150 e. The summed E-state index contributed by atoms with van der Waals surface area (Å²) >= 11 is 0. The molecule has 2 N–H and O–H groups in total. The van der Waals surface area contributed by atoms with Crippen molar-refractivity contribution in [2.24, 2.45) is 17.1 Å². The third kappa shape index (κ3) is 6.15. The lowest BCUT2D eigenvalue weighted by Crippen LogP contribution is -2.28. The van der Waals surface area contributed by atoms with Gasteiger partial charge in [0.15, 0.2) is 0 Å². The third-order valence-electron chi connectivity index (χ3n) is 2.96. The summed E-state index contributed by atoms with van der Waals surface area (Å²) < 4.78 is 22.6. The van der Waals surface area contributed by atoms with Gasteiger partial charge in [0.25, 0.3) is 0 Å². The quantitative estimate of drug-likeness (QED) is 0.764. The summed E-state index contributed by atoms with van der Waals surface area (Å²) in [6.07, 6.45) is 1.63. The average molecular weight is 235 g/mol. The Hall–Kier alpha value is -0.0900. The van der Waals surface area contributed by atoms with Gasteiger partial charge in [-0.25, -0.2) is 8.42 Å². The van der Waals surface area contributed by atoms with Crippen LogP contribution in [0.4, 0.5) is 0 Å². The molecule has 0 aromatic rings. The Morgan fingerprint density at radius 3 is 2.13 bits per heavy atom. The molecule has 0 bridgehead atoms. The first-order chi connectivity index (χ1) is 6.73. The van der Waals surface area contributed by atoms with Crippen molar-refractivity contribution >= 4 is 9.84 Å². The second-order valence-corrected chi connectivity index (χ2v) is 7.65. The Balaban J connectivity index is 4.05. The second kappa shape index (κ2) is 5.85. The van der Waals surface area contributed by atoms with E-state index in [1.807, 2.05) is 0 Å². The molecule has 0 spiro atoms. The molecule has 0 aromatic heterocycles. The molecular formula is C11H25NO2S. The van der Waals surface area contributed by atoms with Crippen molar-refractivity contribution in [1.82, 2.24) is 0 Å². The molecule has 0 aliphatic heterocycles. The first kappa shape index (κ1) is 14.9. The van der Waals surface area contributed by atoms with Gasteiger partial charge >= 0.3 is 0 Å². The lowest BCUT2D eigenvalue weighted by Gasteiger charge is -2.29. The predicted octanol–water partition coefficient (Wildman–Crippen LogP) is 1.82. The molecule has 0 aliphatic carbocycles. The molecule has 15 heavy (non-hydrogen) atoms. The summed E-state index contributed by atoms with van der Waals surface area (Å²) in [6, 6.07) is 0. The minimum Gasteiger partial charge on any atom is -0.330 e. The highest BCUT2D eigenvalue weighted by Crippen LogP contribution is 2.28. The summed E-state index contributed by atoms with van der Waals surface area (Å²) in [5, 5.41) is 0. The summed E-state index contributed by atoms with van der Waals surface area (Å²) in [5.41, 5.74) is 5.86. The van der Waals surface area contributed by atoms with E-state index >= 15 is 0 Å². The van der Waals surface area contributed by atoms with Gasteiger partial charge in [-0.2, -0.15) is 0 Å². The molecule has 0 amide bonds.